The molecule has 0 saturated carbocycles. The molecule has 0 bridgehead atoms. The standard InChI is InChI=1S/C11H14N2O2S/c12-6-2-7-13(9-14)11(15)5-4-10-3-1-8-16-10/h1,3-5,8-9H,2,6-7,12H2/b5-4+. The van der Waals surface area contributed by atoms with Gasteiger partial charge < -0.3 is 5.73 Å². The van der Waals surface area contributed by atoms with Crippen LogP contribution >= 0.6 is 11.3 Å². The molecule has 1 rings (SSSR count). The first-order chi connectivity index (χ1) is 7.77. The fourth-order valence-electron chi connectivity index (χ4n) is 1.11. The second-order valence-corrected chi connectivity index (χ2v) is 4.11. The Kier molecular flexibility index (Phi) is 5.45. The second-order valence-electron chi connectivity index (χ2n) is 3.13. The average molecular weight is 238 g/mol. The summed E-state index contributed by atoms with van der Waals surface area (Å²) in [5, 5.41) is 1.93. The molecule has 0 fully saturated rings. The first-order valence-corrected chi connectivity index (χ1v) is 5.83. The van der Waals surface area contributed by atoms with Crippen molar-refractivity contribution in [3.63, 3.8) is 0 Å². The lowest BCUT2D eigenvalue weighted by Gasteiger charge is -2.11. The van der Waals surface area contributed by atoms with E-state index in [-0.39, 0.29) is 5.91 Å². The number of nitrogens with two attached hydrogens (primary N) is 1. The minimum absolute atomic E-state index is 0.308. The largest absolute Gasteiger partial charge is 0.330 e. The molecule has 1 aromatic heterocycles. The fourth-order valence-corrected chi connectivity index (χ4v) is 1.73. The van der Waals surface area contributed by atoms with Gasteiger partial charge in [0, 0.05) is 17.5 Å². The van der Waals surface area contributed by atoms with E-state index < -0.39 is 0 Å². The lowest BCUT2D eigenvalue weighted by atomic mass is 10.3. The van der Waals surface area contributed by atoms with Crippen LogP contribution in [-0.4, -0.2) is 30.3 Å². The number of thiophene rings is 1. The minimum Gasteiger partial charge on any atom is -0.330 e. The molecule has 0 aliphatic carbocycles. The zero-order valence-corrected chi connectivity index (χ0v) is 9.65. The molecule has 2 N–H and O–H groups in total. The van der Waals surface area contributed by atoms with E-state index in [9.17, 15) is 9.59 Å². The molecule has 1 aromatic rings. The molecule has 5 heteroatoms. The summed E-state index contributed by atoms with van der Waals surface area (Å²) in [7, 11) is 0. The van der Waals surface area contributed by atoms with Gasteiger partial charge in [0.1, 0.15) is 0 Å². The molecule has 0 unspecified atom stereocenters. The minimum atomic E-state index is -0.308. The molecule has 1 heterocycles. The quantitative estimate of drug-likeness (QED) is 0.596. The zero-order valence-electron chi connectivity index (χ0n) is 8.83. The summed E-state index contributed by atoms with van der Waals surface area (Å²) in [5.41, 5.74) is 5.31. The fraction of sp³-hybridized carbons (Fsp3) is 0.273. The lowest BCUT2D eigenvalue weighted by Crippen LogP contribution is -2.30. The van der Waals surface area contributed by atoms with Gasteiger partial charge in [0.25, 0.3) is 5.91 Å². The highest BCUT2D eigenvalue weighted by Gasteiger charge is 2.07. The summed E-state index contributed by atoms with van der Waals surface area (Å²) < 4.78 is 0. The first-order valence-electron chi connectivity index (χ1n) is 4.95. The summed E-state index contributed by atoms with van der Waals surface area (Å²) >= 11 is 1.54. The highest BCUT2D eigenvalue weighted by molar-refractivity contribution is 7.10. The molecular weight excluding hydrogens is 224 g/mol. The van der Waals surface area contributed by atoms with E-state index in [2.05, 4.69) is 0 Å². The number of rotatable bonds is 6. The molecule has 0 spiro atoms. The average Bonchev–Trinajstić information content (AvgIpc) is 2.80. The Hall–Kier alpha value is -1.46. The number of carbonyl (C=O) groups is 2. The van der Waals surface area contributed by atoms with Crippen molar-refractivity contribution in [1.82, 2.24) is 4.90 Å². The van der Waals surface area contributed by atoms with Crippen molar-refractivity contribution in [3.05, 3.63) is 28.5 Å². The number of amides is 2. The van der Waals surface area contributed by atoms with Crippen LogP contribution in [0.3, 0.4) is 0 Å². The Balaban J connectivity index is 2.52. The van der Waals surface area contributed by atoms with E-state index >= 15 is 0 Å². The van der Waals surface area contributed by atoms with Crippen LogP contribution in [0.25, 0.3) is 6.08 Å². The van der Waals surface area contributed by atoms with Crippen molar-refractivity contribution < 1.29 is 9.59 Å². The molecule has 4 nitrogen and oxygen atoms in total. The van der Waals surface area contributed by atoms with Gasteiger partial charge >= 0.3 is 0 Å². The molecule has 0 aromatic carbocycles. The summed E-state index contributed by atoms with van der Waals surface area (Å²) in [6.45, 7) is 0.833. The molecule has 0 saturated heterocycles. The van der Waals surface area contributed by atoms with Gasteiger partial charge in [0.05, 0.1) is 0 Å². The van der Waals surface area contributed by atoms with Gasteiger partial charge in [-0.2, -0.15) is 0 Å². The van der Waals surface area contributed by atoms with Crippen LogP contribution in [0.5, 0.6) is 0 Å². The van der Waals surface area contributed by atoms with Crippen molar-refractivity contribution in [2.75, 3.05) is 13.1 Å². The maximum absolute atomic E-state index is 11.5. The molecule has 2 amide bonds. The summed E-state index contributed by atoms with van der Waals surface area (Å²) in [6, 6.07) is 3.81. The monoisotopic (exact) mass is 238 g/mol. The van der Waals surface area contributed by atoms with Crippen molar-refractivity contribution >= 4 is 29.7 Å². The topological polar surface area (TPSA) is 63.4 Å². The zero-order chi connectivity index (χ0) is 11.8. The van der Waals surface area contributed by atoms with E-state index in [1.165, 1.54) is 17.4 Å². The maximum atomic E-state index is 11.5. The number of carbonyl (C=O) groups excluding carboxylic acids is 2. The number of hydrogen-bond acceptors (Lipinski definition) is 4. The Bertz CT molecular complexity index is 360. The Morgan fingerprint density at radius 2 is 2.38 bits per heavy atom. The van der Waals surface area contributed by atoms with Crippen molar-refractivity contribution in [2.24, 2.45) is 5.73 Å². The molecule has 0 aliphatic heterocycles. The smallest absolute Gasteiger partial charge is 0.252 e. The van der Waals surface area contributed by atoms with E-state index in [1.54, 1.807) is 6.08 Å². The van der Waals surface area contributed by atoms with Crippen LogP contribution in [0.4, 0.5) is 0 Å². The molecular formula is C11H14N2O2S. The van der Waals surface area contributed by atoms with E-state index in [0.717, 1.165) is 9.78 Å². The summed E-state index contributed by atoms with van der Waals surface area (Å²) in [6.07, 6.45) is 4.26. The van der Waals surface area contributed by atoms with Gasteiger partial charge in [0.15, 0.2) is 0 Å². The van der Waals surface area contributed by atoms with Crippen LogP contribution in [0.15, 0.2) is 23.6 Å². The predicted octanol–water partition coefficient (Wildman–Crippen LogP) is 1.10. The van der Waals surface area contributed by atoms with E-state index in [4.69, 9.17) is 5.73 Å². The number of nitrogens with zero attached hydrogens (tertiary/aromatic N) is 1. The Morgan fingerprint density at radius 1 is 1.56 bits per heavy atom. The lowest BCUT2D eigenvalue weighted by molar-refractivity contribution is -0.134. The van der Waals surface area contributed by atoms with Gasteiger partial charge in [-0.3, -0.25) is 14.5 Å². The molecule has 0 aliphatic rings. The first kappa shape index (κ1) is 12.6. The van der Waals surface area contributed by atoms with Crippen LogP contribution in [0.1, 0.15) is 11.3 Å². The summed E-state index contributed by atoms with van der Waals surface area (Å²) in [4.78, 5) is 24.3. The van der Waals surface area contributed by atoms with Crippen molar-refractivity contribution in [2.45, 2.75) is 6.42 Å². The highest BCUT2D eigenvalue weighted by atomic mass is 32.1. The van der Waals surface area contributed by atoms with Crippen LogP contribution in [0.2, 0.25) is 0 Å². The predicted molar refractivity (Wildman–Crippen MR) is 64.8 cm³/mol. The van der Waals surface area contributed by atoms with Gasteiger partial charge in [-0.25, -0.2) is 0 Å². The molecule has 86 valence electrons. The molecule has 0 radical (unpaired) electrons. The third-order valence-electron chi connectivity index (χ3n) is 1.95. The van der Waals surface area contributed by atoms with Gasteiger partial charge in [0.2, 0.25) is 6.41 Å². The number of imide groups is 1. The van der Waals surface area contributed by atoms with Crippen LogP contribution < -0.4 is 5.73 Å². The van der Waals surface area contributed by atoms with E-state index in [1.807, 2.05) is 17.5 Å². The van der Waals surface area contributed by atoms with Gasteiger partial charge in [-0.15, -0.1) is 11.3 Å². The second kappa shape index (κ2) is 6.92. The third kappa shape index (κ3) is 3.96. The van der Waals surface area contributed by atoms with Crippen LogP contribution in [0, 0.1) is 0 Å². The Labute approximate surface area is 98.4 Å². The van der Waals surface area contributed by atoms with Gasteiger partial charge in [-0.1, -0.05) is 6.07 Å². The van der Waals surface area contributed by atoms with Crippen molar-refractivity contribution in [1.29, 1.82) is 0 Å². The normalized spacial score (nSPS) is 10.6. The Morgan fingerprint density at radius 3 is 2.94 bits per heavy atom. The summed E-state index contributed by atoms with van der Waals surface area (Å²) in [5.74, 6) is -0.308. The SMILES string of the molecule is NCCCN(C=O)C(=O)/C=C/c1cccs1. The van der Waals surface area contributed by atoms with E-state index in [0.29, 0.717) is 25.9 Å². The third-order valence-corrected chi connectivity index (χ3v) is 2.78. The molecule has 0 atom stereocenters. The van der Waals surface area contributed by atoms with Crippen LogP contribution in [-0.2, 0) is 9.59 Å². The maximum Gasteiger partial charge on any atom is 0.252 e. The number of hydrogen-bond donors (Lipinski definition) is 1. The van der Waals surface area contributed by atoms with Crippen molar-refractivity contribution in [3.8, 4) is 0 Å². The van der Waals surface area contributed by atoms with Gasteiger partial charge in [-0.05, 0) is 30.5 Å². The highest BCUT2D eigenvalue weighted by Crippen LogP contribution is 2.10. The molecule has 16 heavy (non-hydrogen) atoms.